The van der Waals surface area contributed by atoms with Gasteiger partial charge in [-0.1, -0.05) is 29.8 Å². The lowest BCUT2D eigenvalue weighted by Crippen LogP contribution is -2.38. The highest BCUT2D eigenvalue weighted by molar-refractivity contribution is 14.0. The molecule has 2 aromatic carbocycles. The standard InChI is InChI=1S/C22H30N4O.HI/c1-15-11-16(2)20(17(3)12-15)14-26-22(24-5)25-10-9-18-7-6-8-19(13-18)21(27)23-4;/h6-8,11-13H,9-10,14H2,1-5H3,(H,23,27)(H2,24,25,26);1H. The summed E-state index contributed by atoms with van der Waals surface area (Å²) in [5.41, 5.74) is 6.98. The SMILES string of the molecule is CN=C(NCCc1cccc(C(=O)NC)c1)NCc1c(C)cc(C)cc1C.I. The molecule has 0 saturated heterocycles. The molecule has 0 aliphatic heterocycles. The Morgan fingerprint density at radius 1 is 1.04 bits per heavy atom. The second-order valence-electron chi connectivity index (χ2n) is 6.76. The molecule has 0 aromatic heterocycles. The summed E-state index contributed by atoms with van der Waals surface area (Å²) in [6.07, 6.45) is 0.814. The average Bonchev–Trinajstić information content (AvgIpc) is 2.65. The number of benzene rings is 2. The van der Waals surface area contributed by atoms with Gasteiger partial charge in [0.15, 0.2) is 5.96 Å². The summed E-state index contributed by atoms with van der Waals surface area (Å²) < 4.78 is 0. The highest BCUT2D eigenvalue weighted by Gasteiger charge is 2.06. The van der Waals surface area contributed by atoms with Gasteiger partial charge in [-0.25, -0.2) is 0 Å². The number of amides is 1. The Bertz CT molecular complexity index is 810. The lowest BCUT2D eigenvalue weighted by Gasteiger charge is -2.15. The maximum atomic E-state index is 11.7. The molecule has 0 aliphatic carbocycles. The summed E-state index contributed by atoms with van der Waals surface area (Å²) in [6, 6.07) is 12.1. The third-order valence-corrected chi connectivity index (χ3v) is 4.62. The summed E-state index contributed by atoms with van der Waals surface area (Å²) in [7, 11) is 3.42. The van der Waals surface area contributed by atoms with E-state index in [1.54, 1.807) is 14.1 Å². The molecule has 2 rings (SSSR count). The molecule has 0 radical (unpaired) electrons. The van der Waals surface area contributed by atoms with Crippen LogP contribution in [0.25, 0.3) is 0 Å². The molecule has 0 aliphatic rings. The third-order valence-electron chi connectivity index (χ3n) is 4.62. The second-order valence-corrected chi connectivity index (χ2v) is 6.76. The van der Waals surface area contributed by atoms with E-state index in [9.17, 15) is 4.79 Å². The molecule has 2 aromatic rings. The second kappa shape index (κ2) is 11.7. The van der Waals surface area contributed by atoms with Crippen molar-refractivity contribution in [2.24, 2.45) is 4.99 Å². The van der Waals surface area contributed by atoms with E-state index < -0.39 is 0 Å². The van der Waals surface area contributed by atoms with E-state index >= 15 is 0 Å². The van der Waals surface area contributed by atoms with Crippen LogP contribution in [0.15, 0.2) is 41.4 Å². The van der Waals surface area contributed by atoms with Crippen molar-refractivity contribution in [3.05, 3.63) is 69.8 Å². The smallest absolute Gasteiger partial charge is 0.251 e. The van der Waals surface area contributed by atoms with E-state index in [2.05, 4.69) is 53.8 Å². The summed E-state index contributed by atoms with van der Waals surface area (Å²) in [5, 5.41) is 9.38. The molecule has 3 N–H and O–H groups in total. The van der Waals surface area contributed by atoms with Crippen LogP contribution in [0.2, 0.25) is 0 Å². The number of halogens is 1. The molecule has 0 fully saturated rings. The summed E-state index contributed by atoms with van der Waals surface area (Å²) in [5.74, 6) is 0.711. The van der Waals surface area contributed by atoms with Crippen LogP contribution in [0, 0.1) is 20.8 Å². The fourth-order valence-corrected chi connectivity index (χ4v) is 3.22. The highest BCUT2D eigenvalue weighted by atomic mass is 127. The fourth-order valence-electron chi connectivity index (χ4n) is 3.22. The normalized spacial score (nSPS) is 10.8. The minimum atomic E-state index is -0.0638. The number of carbonyl (C=O) groups excluding carboxylic acids is 1. The van der Waals surface area contributed by atoms with E-state index in [0.29, 0.717) is 5.56 Å². The highest BCUT2D eigenvalue weighted by Crippen LogP contribution is 2.16. The molecular weight excluding hydrogens is 463 g/mol. The maximum Gasteiger partial charge on any atom is 0.251 e. The summed E-state index contributed by atoms with van der Waals surface area (Å²) in [6.45, 7) is 7.89. The predicted octanol–water partition coefficient (Wildman–Crippen LogP) is 3.50. The lowest BCUT2D eigenvalue weighted by atomic mass is 10.00. The van der Waals surface area contributed by atoms with Crippen LogP contribution in [0.3, 0.4) is 0 Å². The van der Waals surface area contributed by atoms with Gasteiger partial charge in [0.05, 0.1) is 0 Å². The van der Waals surface area contributed by atoms with Crippen molar-refractivity contribution in [1.29, 1.82) is 0 Å². The molecule has 0 bridgehead atoms. The molecular formula is C22H31IN4O. The molecule has 0 unspecified atom stereocenters. The van der Waals surface area contributed by atoms with Crippen molar-refractivity contribution >= 4 is 35.8 Å². The van der Waals surface area contributed by atoms with Gasteiger partial charge in [-0.15, -0.1) is 24.0 Å². The zero-order valence-electron chi connectivity index (χ0n) is 17.3. The van der Waals surface area contributed by atoms with Crippen molar-refractivity contribution in [3.63, 3.8) is 0 Å². The molecule has 152 valence electrons. The molecule has 28 heavy (non-hydrogen) atoms. The Morgan fingerprint density at radius 3 is 2.32 bits per heavy atom. The number of guanidine groups is 1. The number of carbonyl (C=O) groups is 1. The lowest BCUT2D eigenvalue weighted by molar-refractivity contribution is 0.0963. The number of aryl methyl sites for hydroxylation is 3. The first-order valence-electron chi connectivity index (χ1n) is 9.27. The maximum absolute atomic E-state index is 11.7. The van der Waals surface area contributed by atoms with E-state index in [1.807, 2.05) is 24.3 Å². The van der Waals surface area contributed by atoms with E-state index in [-0.39, 0.29) is 29.9 Å². The van der Waals surface area contributed by atoms with Gasteiger partial charge in [0, 0.05) is 32.7 Å². The van der Waals surface area contributed by atoms with Gasteiger partial charge < -0.3 is 16.0 Å². The average molecular weight is 494 g/mol. The quantitative estimate of drug-likeness (QED) is 0.327. The number of rotatable bonds is 6. The Hall–Kier alpha value is -2.09. The van der Waals surface area contributed by atoms with Gasteiger partial charge in [0.1, 0.15) is 0 Å². The van der Waals surface area contributed by atoms with Crippen LogP contribution in [-0.4, -0.2) is 32.5 Å². The number of hydrogen-bond donors (Lipinski definition) is 3. The zero-order chi connectivity index (χ0) is 19.8. The van der Waals surface area contributed by atoms with Crippen LogP contribution in [0.5, 0.6) is 0 Å². The van der Waals surface area contributed by atoms with Crippen molar-refractivity contribution in [2.45, 2.75) is 33.7 Å². The predicted molar refractivity (Wildman–Crippen MR) is 128 cm³/mol. The van der Waals surface area contributed by atoms with E-state index in [0.717, 1.165) is 31.0 Å². The van der Waals surface area contributed by atoms with Gasteiger partial charge in [-0.05, 0) is 61.6 Å². The number of nitrogens with one attached hydrogen (secondary N) is 3. The minimum Gasteiger partial charge on any atom is -0.356 e. The Labute approximate surface area is 185 Å². The molecule has 5 nitrogen and oxygen atoms in total. The van der Waals surface area contributed by atoms with Gasteiger partial charge in [0.2, 0.25) is 0 Å². The molecule has 1 amide bonds. The number of hydrogen-bond acceptors (Lipinski definition) is 2. The Kier molecular flexibility index (Phi) is 9.99. The molecule has 0 spiro atoms. The molecule has 0 atom stereocenters. The van der Waals surface area contributed by atoms with Crippen LogP contribution >= 0.6 is 24.0 Å². The largest absolute Gasteiger partial charge is 0.356 e. The van der Waals surface area contributed by atoms with Crippen LogP contribution in [0.4, 0.5) is 0 Å². The first-order chi connectivity index (χ1) is 12.9. The molecule has 0 saturated carbocycles. The summed E-state index contributed by atoms with van der Waals surface area (Å²) in [4.78, 5) is 16.0. The topological polar surface area (TPSA) is 65.5 Å². The van der Waals surface area contributed by atoms with Crippen molar-refractivity contribution < 1.29 is 4.79 Å². The van der Waals surface area contributed by atoms with Crippen LogP contribution in [-0.2, 0) is 13.0 Å². The number of aliphatic imine (C=N–C) groups is 1. The van der Waals surface area contributed by atoms with Crippen molar-refractivity contribution in [3.8, 4) is 0 Å². The third kappa shape index (κ3) is 6.82. The van der Waals surface area contributed by atoms with Gasteiger partial charge >= 0.3 is 0 Å². The Morgan fingerprint density at radius 2 is 1.71 bits per heavy atom. The molecule has 0 heterocycles. The van der Waals surface area contributed by atoms with Gasteiger partial charge in [-0.3, -0.25) is 9.79 Å². The van der Waals surface area contributed by atoms with E-state index in [1.165, 1.54) is 22.3 Å². The van der Waals surface area contributed by atoms with Crippen molar-refractivity contribution in [1.82, 2.24) is 16.0 Å². The summed E-state index contributed by atoms with van der Waals surface area (Å²) >= 11 is 0. The zero-order valence-corrected chi connectivity index (χ0v) is 19.7. The van der Waals surface area contributed by atoms with Gasteiger partial charge in [-0.2, -0.15) is 0 Å². The van der Waals surface area contributed by atoms with Crippen molar-refractivity contribution in [2.75, 3.05) is 20.6 Å². The first-order valence-corrected chi connectivity index (χ1v) is 9.27. The van der Waals surface area contributed by atoms with E-state index in [4.69, 9.17) is 0 Å². The minimum absolute atomic E-state index is 0. The van der Waals surface area contributed by atoms with Crippen LogP contribution in [0.1, 0.15) is 38.2 Å². The van der Waals surface area contributed by atoms with Crippen LogP contribution < -0.4 is 16.0 Å². The number of nitrogens with zero attached hydrogens (tertiary/aromatic N) is 1. The fraction of sp³-hybridized carbons (Fsp3) is 0.364. The Balaban J connectivity index is 0.00000392. The monoisotopic (exact) mass is 494 g/mol. The van der Waals surface area contributed by atoms with Gasteiger partial charge in [0.25, 0.3) is 5.91 Å². The first kappa shape index (κ1) is 23.9. The molecule has 6 heteroatoms.